The van der Waals surface area contributed by atoms with E-state index in [0.717, 1.165) is 18.2 Å². The van der Waals surface area contributed by atoms with Crippen molar-refractivity contribution >= 4 is 5.84 Å². The fourth-order valence-electron chi connectivity index (χ4n) is 0.918. The topological polar surface area (TPSA) is 53.1 Å². The minimum atomic E-state index is 0.725. The lowest BCUT2D eigenvalue weighted by Crippen LogP contribution is -2.23. The van der Waals surface area contributed by atoms with E-state index >= 15 is 0 Å². The summed E-state index contributed by atoms with van der Waals surface area (Å²) in [5.41, 5.74) is 0. The SMILES string of the molecule is C1=CNC(c2ncc[nH]2)=NC1. The Kier molecular flexibility index (Phi) is 1.44. The third kappa shape index (κ3) is 1.14. The number of aromatic amines is 1. The molecule has 0 aromatic carbocycles. The molecule has 0 saturated carbocycles. The summed E-state index contributed by atoms with van der Waals surface area (Å²) in [4.78, 5) is 11.2. The molecule has 1 aromatic heterocycles. The molecule has 2 N–H and O–H groups in total. The van der Waals surface area contributed by atoms with E-state index in [1.54, 1.807) is 12.4 Å². The van der Waals surface area contributed by atoms with Crippen LogP contribution in [0.15, 0.2) is 29.7 Å². The third-order valence-electron chi connectivity index (χ3n) is 1.42. The van der Waals surface area contributed by atoms with E-state index in [2.05, 4.69) is 20.3 Å². The molecule has 0 bridgehead atoms. The van der Waals surface area contributed by atoms with E-state index in [1.165, 1.54) is 0 Å². The van der Waals surface area contributed by atoms with E-state index in [1.807, 2.05) is 12.3 Å². The summed E-state index contributed by atoms with van der Waals surface area (Å²) in [6.07, 6.45) is 7.30. The fourth-order valence-corrected chi connectivity index (χ4v) is 0.918. The van der Waals surface area contributed by atoms with Crippen molar-refractivity contribution in [1.29, 1.82) is 0 Å². The van der Waals surface area contributed by atoms with Crippen LogP contribution in [0.2, 0.25) is 0 Å². The highest BCUT2D eigenvalue weighted by molar-refractivity contribution is 5.96. The molecule has 1 aromatic rings. The van der Waals surface area contributed by atoms with Gasteiger partial charge < -0.3 is 10.3 Å². The molecule has 1 aliphatic heterocycles. The Morgan fingerprint density at radius 1 is 1.45 bits per heavy atom. The third-order valence-corrected chi connectivity index (χ3v) is 1.42. The average molecular weight is 148 g/mol. The number of H-pyrrole nitrogens is 1. The van der Waals surface area contributed by atoms with Crippen LogP contribution in [0.1, 0.15) is 5.82 Å². The van der Waals surface area contributed by atoms with Crippen molar-refractivity contribution in [2.45, 2.75) is 0 Å². The number of rotatable bonds is 1. The molecule has 0 unspecified atom stereocenters. The van der Waals surface area contributed by atoms with Crippen molar-refractivity contribution in [3.05, 3.63) is 30.5 Å². The Balaban J connectivity index is 2.24. The predicted molar refractivity (Wildman–Crippen MR) is 42.3 cm³/mol. The highest BCUT2D eigenvalue weighted by Gasteiger charge is 2.04. The molecule has 2 rings (SSSR count). The first kappa shape index (κ1) is 6.15. The Hall–Kier alpha value is -1.58. The molecule has 0 amide bonds. The quantitative estimate of drug-likeness (QED) is 0.600. The first-order valence-electron chi connectivity index (χ1n) is 3.42. The molecule has 0 fully saturated rings. The Labute approximate surface area is 64.1 Å². The maximum atomic E-state index is 4.20. The second-order valence-electron chi connectivity index (χ2n) is 2.17. The maximum Gasteiger partial charge on any atom is 0.173 e. The van der Waals surface area contributed by atoms with Crippen molar-refractivity contribution in [1.82, 2.24) is 15.3 Å². The van der Waals surface area contributed by atoms with Gasteiger partial charge in [0.1, 0.15) is 0 Å². The van der Waals surface area contributed by atoms with E-state index in [-0.39, 0.29) is 0 Å². The molecule has 0 saturated heterocycles. The summed E-state index contributed by atoms with van der Waals surface area (Å²) in [7, 11) is 0. The van der Waals surface area contributed by atoms with Crippen LogP contribution < -0.4 is 5.32 Å². The summed E-state index contributed by atoms with van der Waals surface area (Å²) < 4.78 is 0. The van der Waals surface area contributed by atoms with Crippen molar-refractivity contribution in [3.63, 3.8) is 0 Å². The number of hydrogen-bond donors (Lipinski definition) is 2. The fraction of sp³-hybridized carbons (Fsp3) is 0.143. The molecular weight excluding hydrogens is 140 g/mol. The predicted octanol–water partition coefficient (Wildman–Crippen LogP) is 0.273. The molecule has 0 aliphatic carbocycles. The first-order valence-corrected chi connectivity index (χ1v) is 3.42. The molecule has 4 heteroatoms. The minimum Gasteiger partial charge on any atom is -0.344 e. The largest absolute Gasteiger partial charge is 0.344 e. The van der Waals surface area contributed by atoms with E-state index in [4.69, 9.17) is 0 Å². The number of imidazole rings is 1. The lowest BCUT2D eigenvalue weighted by atomic mass is 10.4. The van der Waals surface area contributed by atoms with Gasteiger partial charge in [0.05, 0.1) is 6.54 Å². The van der Waals surface area contributed by atoms with Gasteiger partial charge in [-0.3, -0.25) is 4.99 Å². The molecule has 0 atom stereocenters. The molecule has 0 radical (unpaired) electrons. The zero-order valence-electron chi connectivity index (χ0n) is 5.91. The molecule has 4 nitrogen and oxygen atoms in total. The maximum absolute atomic E-state index is 4.20. The van der Waals surface area contributed by atoms with Crippen LogP contribution in [0.5, 0.6) is 0 Å². The van der Waals surface area contributed by atoms with Crippen LogP contribution in [0.25, 0.3) is 0 Å². The number of nitrogens with one attached hydrogen (secondary N) is 2. The van der Waals surface area contributed by atoms with Gasteiger partial charge in [-0.1, -0.05) is 0 Å². The summed E-state index contributed by atoms with van der Waals surface area (Å²) >= 11 is 0. The second-order valence-corrected chi connectivity index (χ2v) is 2.17. The lowest BCUT2D eigenvalue weighted by Gasteiger charge is -2.05. The summed E-state index contributed by atoms with van der Waals surface area (Å²) in [5.74, 6) is 1.59. The zero-order chi connectivity index (χ0) is 7.52. The summed E-state index contributed by atoms with van der Waals surface area (Å²) in [6, 6.07) is 0. The highest BCUT2D eigenvalue weighted by atomic mass is 15.1. The van der Waals surface area contributed by atoms with Crippen molar-refractivity contribution in [2.24, 2.45) is 4.99 Å². The highest BCUT2D eigenvalue weighted by Crippen LogP contribution is 1.94. The summed E-state index contributed by atoms with van der Waals surface area (Å²) in [6.45, 7) is 0.725. The standard InChI is InChI=1S/C7H8N4/c1-2-8-6(9-3-1)7-10-4-5-11-7/h1-2,4-5H,3H2,(H,8,9)(H,10,11). The first-order chi connectivity index (χ1) is 5.47. The van der Waals surface area contributed by atoms with Gasteiger partial charge in [-0.25, -0.2) is 4.98 Å². The second kappa shape index (κ2) is 2.57. The van der Waals surface area contributed by atoms with Gasteiger partial charge in [0.25, 0.3) is 0 Å². The minimum absolute atomic E-state index is 0.725. The lowest BCUT2D eigenvalue weighted by molar-refractivity contribution is 1.07. The molecule has 2 heterocycles. The van der Waals surface area contributed by atoms with E-state index in [0.29, 0.717) is 0 Å². The van der Waals surface area contributed by atoms with Crippen molar-refractivity contribution in [2.75, 3.05) is 6.54 Å². The Morgan fingerprint density at radius 2 is 2.45 bits per heavy atom. The van der Waals surface area contributed by atoms with Gasteiger partial charge in [0.15, 0.2) is 11.7 Å². The van der Waals surface area contributed by atoms with Crippen LogP contribution in [-0.2, 0) is 0 Å². The molecule has 0 spiro atoms. The van der Waals surface area contributed by atoms with Crippen molar-refractivity contribution < 1.29 is 0 Å². The van der Waals surface area contributed by atoms with E-state index < -0.39 is 0 Å². The van der Waals surface area contributed by atoms with Crippen molar-refractivity contribution in [3.8, 4) is 0 Å². The molecule has 1 aliphatic rings. The monoisotopic (exact) mass is 148 g/mol. The number of nitrogens with zero attached hydrogens (tertiary/aromatic N) is 2. The number of amidine groups is 1. The Morgan fingerprint density at radius 3 is 3.09 bits per heavy atom. The average Bonchev–Trinajstić information content (AvgIpc) is 2.58. The van der Waals surface area contributed by atoms with Gasteiger partial charge in [-0.05, 0) is 6.08 Å². The van der Waals surface area contributed by atoms with Crippen LogP contribution in [0.3, 0.4) is 0 Å². The van der Waals surface area contributed by atoms with E-state index in [9.17, 15) is 0 Å². The van der Waals surface area contributed by atoms with Gasteiger partial charge in [0.2, 0.25) is 0 Å². The zero-order valence-corrected chi connectivity index (χ0v) is 5.91. The van der Waals surface area contributed by atoms with Crippen LogP contribution >= 0.6 is 0 Å². The van der Waals surface area contributed by atoms with Gasteiger partial charge in [-0.15, -0.1) is 0 Å². The van der Waals surface area contributed by atoms with Crippen LogP contribution in [-0.4, -0.2) is 22.3 Å². The van der Waals surface area contributed by atoms with Crippen LogP contribution in [0, 0.1) is 0 Å². The van der Waals surface area contributed by atoms with Gasteiger partial charge in [-0.2, -0.15) is 0 Å². The van der Waals surface area contributed by atoms with Gasteiger partial charge in [0, 0.05) is 18.6 Å². The number of hydrogen-bond acceptors (Lipinski definition) is 3. The summed E-state index contributed by atoms with van der Waals surface area (Å²) in [5, 5.41) is 3.00. The van der Waals surface area contributed by atoms with Gasteiger partial charge >= 0.3 is 0 Å². The molecule has 11 heavy (non-hydrogen) atoms. The molecular formula is C7H8N4. The Bertz CT molecular complexity index is 283. The number of aromatic nitrogens is 2. The normalized spacial score (nSPS) is 15.8. The smallest absolute Gasteiger partial charge is 0.173 e. The molecule has 56 valence electrons. The van der Waals surface area contributed by atoms with Crippen LogP contribution in [0.4, 0.5) is 0 Å². The number of aliphatic imine (C=N–C) groups is 1.